The van der Waals surface area contributed by atoms with Gasteiger partial charge in [0, 0.05) is 6.54 Å². The van der Waals surface area contributed by atoms with Gasteiger partial charge in [-0.15, -0.1) is 0 Å². The number of ether oxygens (including phenoxy) is 1. The summed E-state index contributed by atoms with van der Waals surface area (Å²) in [5.41, 5.74) is 1.47. The minimum Gasteiger partial charge on any atom is -0.465 e. The van der Waals surface area contributed by atoms with E-state index in [-0.39, 0.29) is 18.0 Å². The van der Waals surface area contributed by atoms with E-state index >= 15 is 0 Å². The molecule has 16 heavy (non-hydrogen) atoms. The predicted molar refractivity (Wildman–Crippen MR) is 57.1 cm³/mol. The van der Waals surface area contributed by atoms with E-state index in [0.29, 0.717) is 12.1 Å². The molecular formula is C11H12N2O3. The Morgan fingerprint density at radius 1 is 1.38 bits per heavy atom. The largest absolute Gasteiger partial charge is 0.465 e. The van der Waals surface area contributed by atoms with Crippen LogP contribution in [0.4, 0.5) is 4.79 Å². The quantitative estimate of drug-likeness (QED) is 0.725. The van der Waals surface area contributed by atoms with Gasteiger partial charge in [0.05, 0.1) is 18.7 Å². The first kappa shape index (κ1) is 10.5. The Hall–Kier alpha value is -2.04. The standard InChI is InChI=1S/C11H12N2O3/c1-16-10(14)8-4-2-7(3-5-8)9-6-12-11(15)13-9/h2-5,9H,6H2,1H3,(H2,12,13,15)/t9-/m1/s1. The summed E-state index contributed by atoms with van der Waals surface area (Å²) in [5.74, 6) is -0.361. The maximum atomic E-state index is 11.2. The molecule has 1 fully saturated rings. The fourth-order valence-electron chi connectivity index (χ4n) is 1.63. The van der Waals surface area contributed by atoms with Crippen molar-refractivity contribution in [2.75, 3.05) is 13.7 Å². The fourth-order valence-corrected chi connectivity index (χ4v) is 1.63. The molecule has 5 nitrogen and oxygen atoms in total. The van der Waals surface area contributed by atoms with Gasteiger partial charge in [-0.25, -0.2) is 9.59 Å². The van der Waals surface area contributed by atoms with Crippen LogP contribution in [0.5, 0.6) is 0 Å². The zero-order valence-electron chi connectivity index (χ0n) is 8.82. The summed E-state index contributed by atoms with van der Waals surface area (Å²) in [6.07, 6.45) is 0. The number of nitrogens with one attached hydrogen (secondary N) is 2. The molecule has 84 valence electrons. The molecule has 0 spiro atoms. The van der Waals surface area contributed by atoms with Crippen molar-refractivity contribution in [1.29, 1.82) is 0 Å². The van der Waals surface area contributed by atoms with Crippen LogP contribution >= 0.6 is 0 Å². The third-order valence-corrected chi connectivity index (χ3v) is 2.51. The first-order chi connectivity index (χ1) is 7.70. The van der Waals surface area contributed by atoms with Crippen molar-refractivity contribution in [3.05, 3.63) is 35.4 Å². The van der Waals surface area contributed by atoms with Crippen LogP contribution in [0.15, 0.2) is 24.3 Å². The van der Waals surface area contributed by atoms with E-state index in [4.69, 9.17) is 0 Å². The maximum absolute atomic E-state index is 11.2. The molecule has 0 radical (unpaired) electrons. The van der Waals surface area contributed by atoms with Crippen molar-refractivity contribution in [3.63, 3.8) is 0 Å². The number of methoxy groups -OCH3 is 1. The number of esters is 1. The molecule has 1 aromatic rings. The average Bonchev–Trinajstić information content (AvgIpc) is 2.75. The number of urea groups is 1. The van der Waals surface area contributed by atoms with E-state index in [1.165, 1.54) is 7.11 Å². The second kappa shape index (κ2) is 4.22. The normalized spacial score (nSPS) is 18.8. The lowest BCUT2D eigenvalue weighted by Crippen LogP contribution is -2.21. The number of rotatable bonds is 2. The molecule has 1 aliphatic heterocycles. The molecule has 0 aliphatic carbocycles. The van der Waals surface area contributed by atoms with Crippen molar-refractivity contribution in [2.24, 2.45) is 0 Å². The van der Waals surface area contributed by atoms with E-state index in [2.05, 4.69) is 15.4 Å². The van der Waals surface area contributed by atoms with Gasteiger partial charge in [0.15, 0.2) is 0 Å². The first-order valence-corrected chi connectivity index (χ1v) is 4.93. The third-order valence-electron chi connectivity index (χ3n) is 2.51. The van der Waals surface area contributed by atoms with Crippen molar-refractivity contribution in [1.82, 2.24) is 10.6 Å². The molecule has 1 aromatic carbocycles. The summed E-state index contributed by atoms with van der Waals surface area (Å²) in [6, 6.07) is 6.80. The first-order valence-electron chi connectivity index (χ1n) is 4.93. The van der Waals surface area contributed by atoms with Gasteiger partial charge in [-0.1, -0.05) is 12.1 Å². The minimum atomic E-state index is -0.361. The van der Waals surface area contributed by atoms with Crippen molar-refractivity contribution >= 4 is 12.0 Å². The van der Waals surface area contributed by atoms with Gasteiger partial charge in [-0.3, -0.25) is 0 Å². The Morgan fingerprint density at radius 2 is 2.06 bits per heavy atom. The highest BCUT2D eigenvalue weighted by Crippen LogP contribution is 2.16. The molecule has 0 unspecified atom stereocenters. The Bertz CT molecular complexity index is 414. The zero-order valence-corrected chi connectivity index (χ0v) is 8.82. The fraction of sp³-hybridized carbons (Fsp3) is 0.273. The lowest BCUT2D eigenvalue weighted by molar-refractivity contribution is 0.0600. The van der Waals surface area contributed by atoms with E-state index in [9.17, 15) is 9.59 Å². The summed E-state index contributed by atoms with van der Waals surface area (Å²) in [7, 11) is 1.34. The molecular weight excluding hydrogens is 208 g/mol. The predicted octanol–water partition coefficient (Wildman–Crippen LogP) is 0.827. The molecule has 0 saturated carbocycles. The second-order valence-electron chi connectivity index (χ2n) is 3.52. The van der Waals surface area contributed by atoms with Crippen molar-refractivity contribution < 1.29 is 14.3 Å². The van der Waals surface area contributed by atoms with E-state index in [0.717, 1.165) is 5.56 Å². The van der Waals surface area contributed by atoms with Crippen LogP contribution in [0.25, 0.3) is 0 Å². The molecule has 1 saturated heterocycles. The van der Waals surface area contributed by atoms with Crippen LogP contribution in [0.2, 0.25) is 0 Å². The number of benzene rings is 1. The van der Waals surface area contributed by atoms with E-state index in [1.54, 1.807) is 12.1 Å². The Kier molecular flexibility index (Phi) is 2.76. The molecule has 0 bridgehead atoms. The molecule has 2 N–H and O–H groups in total. The van der Waals surface area contributed by atoms with Gasteiger partial charge in [0.25, 0.3) is 0 Å². The number of hydrogen-bond acceptors (Lipinski definition) is 3. The van der Waals surface area contributed by atoms with Crippen molar-refractivity contribution in [2.45, 2.75) is 6.04 Å². The van der Waals surface area contributed by atoms with Gasteiger partial charge in [0.2, 0.25) is 0 Å². The second-order valence-corrected chi connectivity index (χ2v) is 3.52. The van der Waals surface area contributed by atoms with Crippen LogP contribution in [-0.2, 0) is 4.74 Å². The molecule has 2 amide bonds. The van der Waals surface area contributed by atoms with Gasteiger partial charge in [-0.05, 0) is 17.7 Å². The molecule has 0 aromatic heterocycles. The topological polar surface area (TPSA) is 67.4 Å². The smallest absolute Gasteiger partial charge is 0.337 e. The maximum Gasteiger partial charge on any atom is 0.337 e. The Morgan fingerprint density at radius 3 is 2.56 bits per heavy atom. The molecule has 1 atom stereocenters. The van der Waals surface area contributed by atoms with Crippen LogP contribution < -0.4 is 10.6 Å². The number of hydrogen-bond donors (Lipinski definition) is 2. The molecule has 1 heterocycles. The highest BCUT2D eigenvalue weighted by Gasteiger charge is 2.21. The van der Waals surface area contributed by atoms with Gasteiger partial charge < -0.3 is 15.4 Å². The molecule has 2 rings (SSSR count). The number of carbonyl (C=O) groups is 2. The Balaban J connectivity index is 2.13. The summed E-state index contributed by atoms with van der Waals surface area (Å²) in [5, 5.41) is 5.44. The third kappa shape index (κ3) is 1.98. The van der Waals surface area contributed by atoms with E-state index in [1.807, 2.05) is 12.1 Å². The SMILES string of the molecule is COC(=O)c1ccc([C@H]2CNC(=O)N2)cc1. The zero-order chi connectivity index (χ0) is 11.5. The van der Waals surface area contributed by atoms with Gasteiger partial charge in [-0.2, -0.15) is 0 Å². The summed E-state index contributed by atoms with van der Waals surface area (Å²) in [4.78, 5) is 22.1. The number of amides is 2. The van der Waals surface area contributed by atoms with E-state index < -0.39 is 0 Å². The van der Waals surface area contributed by atoms with Gasteiger partial charge in [0.1, 0.15) is 0 Å². The lowest BCUT2D eigenvalue weighted by atomic mass is 10.1. The number of carbonyl (C=O) groups excluding carboxylic acids is 2. The minimum absolute atomic E-state index is 0.0285. The van der Waals surface area contributed by atoms with Gasteiger partial charge >= 0.3 is 12.0 Å². The van der Waals surface area contributed by atoms with Crippen LogP contribution in [0.1, 0.15) is 22.0 Å². The monoisotopic (exact) mass is 220 g/mol. The van der Waals surface area contributed by atoms with Crippen LogP contribution in [-0.4, -0.2) is 25.7 Å². The highest BCUT2D eigenvalue weighted by molar-refractivity contribution is 5.89. The van der Waals surface area contributed by atoms with Crippen LogP contribution in [0, 0.1) is 0 Å². The van der Waals surface area contributed by atoms with Crippen molar-refractivity contribution in [3.8, 4) is 0 Å². The highest BCUT2D eigenvalue weighted by atomic mass is 16.5. The summed E-state index contributed by atoms with van der Waals surface area (Å²) < 4.78 is 4.60. The molecule has 5 heteroatoms. The van der Waals surface area contributed by atoms with Crippen LogP contribution in [0.3, 0.4) is 0 Å². The average molecular weight is 220 g/mol. The Labute approximate surface area is 92.8 Å². The summed E-state index contributed by atoms with van der Waals surface area (Å²) >= 11 is 0. The summed E-state index contributed by atoms with van der Waals surface area (Å²) in [6.45, 7) is 0.566. The lowest BCUT2D eigenvalue weighted by Gasteiger charge is -2.09. The molecule has 1 aliphatic rings.